The van der Waals surface area contributed by atoms with Gasteiger partial charge in [-0.2, -0.15) is 5.10 Å². The zero-order valence-corrected chi connectivity index (χ0v) is 12.3. The minimum Gasteiger partial charge on any atom is -0.383 e. The molecular formula is C12H13N7OS. The van der Waals surface area contributed by atoms with Gasteiger partial charge in [0.05, 0.1) is 0 Å². The summed E-state index contributed by atoms with van der Waals surface area (Å²) >= 11 is 1.25. The zero-order valence-electron chi connectivity index (χ0n) is 11.4. The number of nitrogens with one attached hydrogen (secondary N) is 1. The van der Waals surface area contributed by atoms with Crippen LogP contribution in [-0.4, -0.2) is 30.6 Å². The van der Waals surface area contributed by atoms with Gasteiger partial charge >= 0.3 is 0 Å². The lowest BCUT2D eigenvalue weighted by Crippen LogP contribution is -2.13. The number of carbonyl (C=O) groups is 1. The number of hydrogen-bond donors (Lipinski definition) is 2. The summed E-state index contributed by atoms with van der Waals surface area (Å²) in [6, 6.07) is 0.0762. The summed E-state index contributed by atoms with van der Waals surface area (Å²) in [4.78, 5) is 24.2. The van der Waals surface area contributed by atoms with E-state index in [2.05, 4.69) is 25.4 Å². The molecule has 0 radical (unpaired) electrons. The van der Waals surface area contributed by atoms with E-state index in [-0.39, 0.29) is 17.8 Å². The number of anilines is 2. The zero-order chi connectivity index (χ0) is 15.0. The van der Waals surface area contributed by atoms with Crippen LogP contribution in [0.5, 0.6) is 0 Å². The van der Waals surface area contributed by atoms with E-state index in [0.717, 1.165) is 0 Å². The number of fused-ring (bicyclic) bond motifs is 1. The van der Waals surface area contributed by atoms with Crippen LogP contribution in [0.25, 0.3) is 11.0 Å². The Morgan fingerprint density at radius 2 is 2.19 bits per heavy atom. The quantitative estimate of drug-likeness (QED) is 0.761. The molecule has 0 aromatic carbocycles. The smallest absolute Gasteiger partial charge is 0.285 e. The Kier molecular flexibility index (Phi) is 3.26. The Morgan fingerprint density at radius 1 is 1.38 bits per heavy atom. The fraction of sp³-hybridized carbons (Fsp3) is 0.250. The molecule has 0 unspecified atom stereocenters. The van der Waals surface area contributed by atoms with Crippen LogP contribution in [-0.2, 0) is 0 Å². The molecule has 0 atom stereocenters. The predicted octanol–water partition coefficient (Wildman–Crippen LogP) is 1.70. The van der Waals surface area contributed by atoms with E-state index in [0.29, 0.717) is 21.9 Å². The molecule has 0 fully saturated rings. The highest BCUT2D eigenvalue weighted by atomic mass is 32.1. The predicted molar refractivity (Wildman–Crippen MR) is 80.2 cm³/mol. The summed E-state index contributed by atoms with van der Waals surface area (Å²) in [5.41, 5.74) is 6.49. The van der Waals surface area contributed by atoms with Gasteiger partial charge in [-0.25, -0.2) is 19.6 Å². The molecule has 0 saturated heterocycles. The molecule has 3 N–H and O–H groups in total. The molecule has 0 bridgehead atoms. The minimum atomic E-state index is -0.330. The average molecular weight is 303 g/mol. The standard InChI is InChI=1S/C12H13N7OS/c1-6(2)19-10-7(8(13)15-5-16-10)9(18-19)17-11(20)12-14-3-4-21-12/h3-6H,1-2H3,(H2,13,15,16)(H,17,18,20). The van der Waals surface area contributed by atoms with Gasteiger partial charge in [-0.05, 0) is 13.8 Å². The Balaban J connectivity index is 2.08. The molecule has 0 aliphatic heterocycles. The molecule has 0 aliphatic carbocycles. The SMILES string of the molecule is CC(C)n1nc(NC(=O)c2nccs2)c2c(N)ncnc21. The van der Waals surface area contributed by atoms with Crippen molar-refractivity contribution in [1.82, 2.24) is 24.7 Å². The van der Waals surface area contributed by atoms with Crippen molar-refractivity contribution in [3.8, 4) is 0 Å². The molecule has 9 heteroatoms. The third kappa shape index (κ3) is 2.31. The first-order valence-electron chi connectivity index (χ1n) is 6.27. The van der Waals surface area contributed by atoms with Crippen LogP contribution in [0.1, 0.15) is 29.7 Å². The highest BCUT2D eigenvalue weighted by Crippen LogP contribution is 2.27. The molecule has 0 saturated carbocycles. The lowest BCUT2D eigenvalue weighted by Gasteiger charge is -2.05. The van der Waals surface area contributed by atoms with Gasteiger partial charge in [-0.1, -0.05) is 0 Å². The minimum absolute atomic E-state index is 0.0762. The maximum Gasteiger partial charge on any atom is 0.285 e. The molecule has 3 rings (SSSR count). The summed E-state index contributed by atoms with van der Waals surface area (Å²) in [5, 5.41) is 9.73. The van der Waals surface area contributed by atoms with Crippen LogP contribution in [0.3, 0.4) is 0 Å². The summed E-state index contributed by atoms with van der Waals surface area (Å²) in [7, 11) is 0. The van der Waals surface area contributed by atoms with Crippen molar-refractivity contribution in [3.63, 3.8) is 0 Å². The number of nitrogen functional groups attached to an aromatic ring is 1. The van der Waals surface area contributed by atoms with E-state index in [1.54, 1.807) is 16.3 Å². The van der Waals surface area contributed by atoms with Crippen LogP contribution >= 0.6 is 11.3 Å². The second-order valence-corrected chi connectivity index (χ2v) is 5.53. The van der Waals surface area contributed by atoms with E-state index < -0.39 is 0 Å². The van der Waals surface area contributed by atoms with Gasteiger partial charge in [0.2, 0.25) is 0 Å². The van der Waals surface area contributed by atoms with E-state index in [9.17, 15) is 4.79 Å². The lowest BCUT2D eigenvalue weighted by atomic mass is 10.3. The fourth-order valence-corrected chi connectivity index (χ4v) is 2.47. The van der Waals surface area contributed by atoms with Crippen molar-refractivity contribution in [2.75, 3.05) is 11.1 Å². The first-order valence-corrected chi connectivity index (χ1v) is 7.15. The van der Waals surface area contributed by atoms with Crippen LogP contribution in [0.4, 0.5) is 11.6 Å². The molecule has 0 spiro atoms. The second kappa shape index (κ2) is 5.09. The van der Waals surface area contributed by atoms with Crippen molar-refractivity contribution in [2.45, 2.75) is 19.9 Å². The van der Waals surface area contributed by atoms with Gasteiger partial charge < -0.3 is 11.1 Å². The van der Waals surface area contributed by atoms with Crippen LogP contribution in [0, 0.1) is 0 Å². The highest BCUT2D eigenvalue weighted by molar-refractivity contribution is 7.11. The summed E-state index contributed by atoms with van der Waals surface area (Å²) < 4.78 is 1.70. The van der Waals surface area contributed by atoms with Gasteiger partial charge in [-0.3, -0.25) is 4.79 Å². The van der Waals surface area contributed by atoms with Crippen LogP contribution < -0.4 is 11.1 Å². The summed E-state index contributed by atoms with van der Waals surface area (Å²) in [6.45, 7) is 3.94. The number of aromatic nitrogens is 5. The largest absolute Gasteiger partial charge is 0.383 e. The Bertz CT molecular complexity index is 793. The molecule has 108 valence electrons. The van der Waals surface area contributed by atoms with Crippen LogP contribution in [0.15, 0.2) is 17.9 Å². The Hall–Kier alpha value is -2.55. The van der Waals surface area contributed by atoms with Gasteiger partial charge in [-0.15, -0.1) is 11.3 Å². The number of nitrogens with two attached hydrogens (primary N) is 1. The third-order valence-corrected chi connectivity index (χ3v) is 3.64. The Labute approximate surface area is 124 Å². The molecule has 3 heterocycles. The number of carbonyl (C=O) groups excluding carboxylic acids is 1. The number of hydrogen-bond acceptors (Lipinski definition) is 7. The normalized spacial score (nSPS) is 11.2. The van der Waals surface area contributed by atoms with Crippen LogP contribution in [0.2, 0.25) is 0 Å². The summed E-state index contributed by atoms with van der Waals surface area (Å²) in [5.74, 6) is 0.293. The number of amides is 1. The van der Waals surface area contributed by atoms with Crippen molar-refractivity contribution in [2.24, 2.45) is 0 Å². The van der Waals surface area contributed by atoms with Gasteiger partial charge in [0, 0.05) is 17.6 Å². The van der Waals surface area contributed by atoms with Crippen molar-refractivity contribution in [1.29, 1.82) is 0 Å². The first-order chi connectivity index (χ1) is 10.1. The molecule has 21 heavy (non-hydrogen) atoms. The van der Waals surface area contributed by atoms with Gasteiger partial charge in [0.15, 0.2) is 16.5 Å². The van der Waals surface area contributed by atoms with Crippen molar-refractivity contribution < 1.29 is 4.79 Å². The number of thiazole rings is 1. The Morgan fingerprint density at radius 3 is 2.86 bits per heavy atom. The van der Waals surface area contributed by atoms with Crippen molar-refractivity contribution in [3.05, 3.63) is 22.9 Å². The monoisotopic (exact) mass is 303 g/mol. The van der Waals surface area contributed by atoms with E-state index >= 15 is 0 Å². The van der Waals surface area contributed by atoms with E-state index in [4.69, 9.17) is 5.73 Å². The average Bonchev–Trinajstić information content (AvgIpc) is 3.07. The molecule has 8 nitrogen and oxygen atoms in total. The number of nitrogens with zero attached hydrogens (tertiary/aromatic N) is 5. The molecule has 3 aromatic rings. The lowest BCUT2D eigenvalue weighted by molar-refractivity contribution is 0.102. The maximum atomic E-state index is 12.1. The second-order valence-electron chi connectivity index (χ2n) is 4.64. The molecule has 0 aliphatic rings. The maximum absolute atomic E-state index is 12.1. The fourth-order valence-electron chi connectivity index (χ4n) is 1.94. The highest BCUT2D eigenvalue weighted by Gasteiger charge is 2.19. The third-order valence-electron chi connectivity index (χ3n) is 2.87. The molecule has 3 aromatic heterocycles. The summed E-state index contributed by atoms with van der Waals surface area (Å²) in [6.07, 6.45) is 2.95. The first kappa shape index (κ1) is 13.4. The van der Waals surface area contributed by atoms with E-state index in [1.165, 1.54) is 17.7 Å². The number of rotatable bonds is 3. The molecule has 1 amide bonds. The van der Waals surface area contributed by atoms with Gasteiger partial charge in [0.25, 0.3) is 5.91 Å². The van der Waals surface area contributed by atoms with Gasteiger partial charge in [0.1, 0.15) is 17.5 Å². The topological polar surface area (TPSA) is 112 Å². The van der Waals surface area contributed by atoms with Crippen molar-refractivity contribution >= 4 is 39.9 Å². The molecular weight excluding hydrogens is 290 g/mol. The van der Waals surface area contributed by atoms with E-state index in [1.807, 2.05) is 13.8 Å².